The van der Waals surface area contributed by atoms with Crippen LogP contribution in [0.1, 0.15) is 29.5 Å². The number of hydrogen-bond donors (Lipinski definition) is 1. The fourth-order valence-corrected chi connectivity index (χ4v) is 4.07. The summed E-state index contributed by atoms with van der Waals surface area (Å²) in [5.74, 6) is -0.121. The molecule has 0 bridgehead atoms. The topological polar surface area (TPSA) is 75.4 Å². The third-order valence-corrected chi connectivity index (χ3v) is 5.39. The minimum Gasteiger partial charge on any atom is -0.360 e. The van der Waals surface area contributed by atoms with Gasteiger partial charge in [0.05, 0.1) is 0 Å². The Morgan fingerprint density at radius 2 is 1.88 bits per heavy atom. The molecule has 1 heterocycles. The molecule has 0 aliphatic rings. The Bertz CT molecular complexity index is 766. The van der Waals surface area contributed by atoms with Crippen LogP contribution in [-0.4, -0.2) is 39.1 Å². The summed E-state index contributed by atoms with van der Waals surface area (Å²) < 4.78 is 46.3. The number of aryl methyl sites for hydroxylation is 2. The lowest BCUT2D eigenvalue weighted by atomic mass is 10.0. The molecule has 0 amide bonds. The van der Waals surface area contributed by atoms with E-state index in [1.54, 1.807) is 26.0 Å². The zero-order valence-electron chi connectivity index (χ0n) is 14.2. The molecule has 1 N–H and O–H groups in total. The van der Waals surface area contributed by atoms with Gasteiger partial charge in [0.15, 0.2) is 5.76 Å². The fourth-order valence-electron chi connectivity index (χ4n) is 2.48. The first-order chi connectivity index (χ1) is 11.2. The Morgan fingerprint density at radius 3 is 2.38 bits per heavy atom. The summed E-state index contributed by atoms with van der Waals surface area (Å²) in [5.41, 5.74) is 1.01. The normalized spacial score (nSPS) is 13.4. The standard InChI is InChI=1S/C16H22FN3O3S/c1-11-16(12(2)23-18-11)24(21,22)19-15(9-10-20(3)4)13-5-7-14(17)8-6-13/h5-8,15,19H,9-10H2,1-4H3. The van der Waals surface area contributed by atoms with Gasteiger partial charge in [0.25, 0.3) is 0 Å². The second kappa shape index (κ2) is 7.42. The van der Waals surface area contributed by atoms with E-state index in [1.807, 2.05) is 19.0 Å². The van der Waals surface area contributed by atoms with Crippen molar-refractivity contribution in [3.05, 3.63) is 47.1 Å². The van der Waals surface area contributed by atoms with E-state index in [2.05, 4.69) is 9.88 Å². The van der Waals surface area contributed by atoms with Gasteiger partial charge < -0.3 is 9.42 Å². The number of benzene rings is 1. The smallest absolute Gasteiger partial charge is 0.246 e. The fraction of sp³-hybridized carbons (Fsp3) is 0.438. The first-order valence-electron chi connectivity index (χ1n) is 7.56. The highest BCUT2D eigenvalue weighted by Crippen LogP contribution is 2.24. The van der Waals surface area contributed by atoms with Crippen molar-refractivity contribution in [3.63, 3.8) is 0 Å². The van der Waals surface area contributed by atoms with E-state index >= 15 is 0 Å². The van der Waals surface area contributed by atoms with Crippen molar-refractivity contribution in [2.45, 2.75) is 31.2 Å². The van der Waals surface area contributed by atoms with Crippen molar-refractivity contribution in [2.75, 3.05) is 20.6 Å². The first kappa shape index (κ1) is 18.6. The second-order valence-corrected chi connectivity index (χ2v) is 7.62. The average molecular weight is 355 g/mol. The molecule has 6 nitrogen and oxygen atoms in total. The van der Waals surface area contributed by atoms with Crippen LogP contribution in [-0.2, 0) is 10.0 Å². The molecule has 0 radical (unpaired) electrons. The number of nitrogens with zero attached hydrogens (tertiary/aromatic N) is 2. The van der Waals surface area contributed by atoms with Crippen LogP contribution in [0.5, 0.6) is 0 Å². The number of sulfonamides is 1. The largest absolute Gasteiger partial charge is 0.360 e. The lowest BCUT2D eigenvalue weighted by molar-refractivity contribution is 0.374. The molecule has 8 heteroatoms. The molecule has 2 aromatic rings. The molecular weight excluding hydrogens is 333 g/mol. The predicted octanol–water partition coefficient (Wildman–Crippen LogP) is 2.40. The van der Waals surface area contributed by atoms with Crippen LogP contribution >= 0.6 is 0 Å². The molecule has 0 fully saturated rings. The van der Waals surface area contributed by atoms with Gasteiger partial charge in [-0.3, -0.25) is 0 Å². The Kier molecular flexibility index (Phi) is 5.74. The maximum atomic E-state index is 13.2. The maximum absolute atomic E-state index is 13.2. The molecule has 0 saturated heterocycles. The van der Waals surface area contributed by atoms with Crippen molar-refractivity contribution in [1.29, 1.82) is 0 Å². The summed E-state index contributed by atoms with van der Waals surface area (Å²) in [6, 6.07) is 5.34. The zero-order valence-corrected chi connectivity index (χ0v) is 15.0. The van der Waals surface area contributed by atoms with E-state index in [4.69, 9.17) is 4.52 Å². The van der Waals surface area contributed by atoms with E-state index in [0.29, 0.717) is 24.2 Å². The summed E-state index contributed by atoms with van der Waals surface area (Å²) in [6.45, 7) is 3.81. The molecular formula is C16H22FN3O3S. The molecule has 1 aromatic carbocycles. The number of nitrogens with one attached hydrogen (secondary N) is 1. The van der Waals surface area contributed by atoms with Gasteiger partial charge in [-0.15, -0.1) is 0 Å². The highest BCUT2D eigenvalue weighted by molar-refractivity contribution is 7.89. The highest BCUT2D eigenvalue weighted by Gasteiger charge is 2.27. The molecule has 24 heavy (non-hydrogen) atoms. The van der Waals surface area contributed by atoms with Crippen molar-refractivity contribution in [2.24, 2.45) is 0 Å². The summed E-state index contributed by atoms with van der Waals surface area (Å²) >= 11 is 0. The lowest BCUT2D eigenvalue weighted by Crippen LogP contribution is -2.31. The SMILES string of the molecule is Cc1noc(C)c1S(=O)(=O)NC(CCN(C)C)c1ccc(F)cc1. The molecule has 0 saturated carbocycles. The quantitative estimate of drug-likeness (QED) is 0.825. The minimum atomic E-state index is -3.80. The minimum absolute atomic E-state index is 0.0551. The van der Waals surface area contributed by atoms with Crippen molar-refractivity contribution < 1.29 is 17.3 Å². The third-order valence-electron chi connectivity index (χ3n) is 3.67. The van der Waals surface area contributed by atoms with Crippen LogP contribution in [0.4, 0.5) is 4.39 Å². The number of aromatic nitrogens is 1. The average Bonchev–Trinajstić information content (AvgIpc) is 2.84. The monoisotopic (exact) mass is 355 g/mol. The van der Waals surface area contributed by atoms with Gasteiger partial charge in [-0.1, -0.05) is 17.3 Å². The van der Waals surface area contributed by atoms with Gasteiger partial charge in [-0.05, 0) is 58.6 Å². The Balaban J connectivity index is 2.32. The molecule has 1 atom stereocenters. The van der Waals surface area contributed by atoms with Crippen LogP contribution in [0.2, 0.25) is 0 Å². The molecule has 0 aliphatic heterocycles. The van der Waals surface area contributed by atoms with Crippen molar-refractivity contribution in [1.82, 2.24) is 14.8 Å². The van der Waals surface area contributed by atoms with Crippen LogP contribution in [0.3, 0.4) is 0 Å². The molecule has 0 aliphatic carbocycles. The van der Waals surface area contributed by atoms with Crippen LogP contribution in [0.15, 0.2) is 33.7 Å². The second-order valence-electron chi connectivity index (χ2n) is 5.97. The Morgan fingerprint density at radius 1 is 1.25 bits per heavy atom. The number of halogens is 1. The Labute approximate surface area is 141 Å². The molecule has 132 valence electrons. The van der Waals surface area contributed by atoms with Gasteiger partial charge in [0, 0.05) is 6.04 Å². The summed E-state index contributed by atoms with van der Waals surface area (Å²) in [5, 5.41) is 3.70. The van der Waals surface area contributed by atoms with E-state index in [0.717, 1.165) is 0 Å². The summed E-state index contributed by atoms with van der Waals surface area (Å²) in [4.78, 5) is 2.01. The first-order valence-corrected chi connectivity index (χ1v) is 9.04. The van der Waals surface area contributed by atoms with E-state index in [9.17, 15) is 12.8 Å². The molecule has 0 spiro atoms. The van der Waals surface area contributed by atoms with Crippen molar-refractivity contribution in [3.8, 4) is 0 Å². The highest BCUT2D eigenvalue weighted by atomic mass is 32.2. The van der Waals surface area contributed by atoms with Crippen molar-refractivity contribution >= 4 is 10.0 Å². The lowest BCUT2D eigenvalue weighted by Gasteiger charge is -2.21. The van der Waals surface area contributed by atoms with Crippen LogP contribution in [0.25, 0.3) is 0 Å². The van der Waals surface area contributed by atoms with Gasteiger partial charge in [0.1, 0.15) is 16.4 Å². The van der Waals surface area contributed by atoms with E-state index in [-0.39, 0.29) is 16.5 Å². The predicted molar refractivity (Wildman–Crippen MR) is 88.6 cm³/mol. The van der Waals surface area contributed by atoms with Gasteiger partial charge >= 0.3 is 0 Å². The number of rotatable bonds is 7. The molecule has 1 aromatic heterocycles. The van der Waals surface area contributed by atoms with Crippen LogP contribution in [0, 0.1) is 19.7 Å². The van der Waals surface area contributed by atoms with E-state index < -0.39 is 16.1 Å². The van der Waals surface area contributed by atoms with Gasteiger partial charge in [-0.2, -0.15) is 0 Å². The Hall–Kier alpha value is -1.77. The maximum Gasteiger partial charge on any atom is 0.246 e. The third kappa shape index (κ3) is 4.40. The molecule has 1 unspecified atom stereocenters. The van der Waals surface area contributed by atoms with Gasteiger partial charge in [-0.25, -0.2) is 17.5 Å². The zero-order chi connectivity index (χ0) is 17.9. The summed E-state index contributed by atoms with van der Waals surface area (Å²) in [6.07, 6.45) is 0.543. The molecule has 2 rings (SSSR count). The van der Waals surface area contributed by atoms with Crippen LogP contribution < -0.4 is 4.72 Å². The number of hydrogen-bond acceptors (Lipinski definition) is 5. The summed E-state index contributed by atoms with van der Waals surface area (Å²) in [7, 11) is 0.0123. The van der Waals surface area contributed by atoms with Gasteiger partial charge in [0.2, 0.25) is 10.0 Å². The van der Waals surface area contributed by atoms with E-state index in [1.165, 1.54) is 12.1 Å².